The van der Waals surface area contributed by atoms with Crippen LogP contribution in [0.25, 0.3) is 11.0 Å². The minimum absolute atomic E-state index is 0.0923. The van der Waals surface area contributed by atoms with Gasteiger partial charge in [0.25, 0.3) is 5.91 Å². The molecule has 7 nitrogen and oxygen atoms in total. The monoisotopic (exact) mass is 427 g/mol. The molecule has 0 bridgehead atoms. The lowest BCUT2D eigenvalue weighted by Crippen LogP contribution is -2.22. The predicted molar refractivity (Wildman–Crippen MR) is 118 cm³/mol. The largest absolute Gasteiger partial charge is 0.459 e. The van der Waals surface area contributed by atoms with Crippen molar-refractivity contribution in [3.8, 4) is 0 Å². The fourth-order valence-electron chi connectivity index (χ4n) is 3.09. The van der Waals surface area contributed by atoms with E-state index < -0.39 is 11.9 Å². The number of carbonyl (C=O) groups is 2. The van der Waals surface area contributed by atoms with Crippen LogP contribution in [0.15, 0.2) is 40.1 Å². The van der Waals surface area contributed by atoms with Gasteiger partial charge < -0.3 is 19.4 Å². The van der Waals surface area contributed by atoms with Crippen LogP contribution in [0.2, 0.25) is 0 Å². The van der Waals surface area contributed by atoms with Crippen LogP contribution in [0.4, 0.5) is 10.7 Å². The second kappa shape index (κ2) is 9.13. The molecule has 0 saturated heterocycles. The zero-order valence-corrected chi connectivity index (χ0v) is 18.3. The third-order valence-electron chi connectivity index (χ3n) is 4.58. The van der Waals surface area contributed by atoms with Gasteiger partial charge in [-0.25, -0.2) is 4.79 Å². The second-order valence-corrected chi connectivity index (χ2v) is 7.87. The van der Waals surface area contributed by atoms with Crippen molar-refractivity contribution >= 4 is 44.9 Å². The number of fused-ring (bicyclic) bond motifs is 1. The molecule has 0 saturated carbocycles. The summed E-state index contributed by atoms with van der Waals surface area (Å²) in [7, 11) is 0. The molecule has 0 aliphatic carbocycles. The lowest BCUT2D eigenvalue weighted by atomic mass is 10.1. The maximum atomic E-state index is 12.8. The Labute approximate surface area is 178 Å². The van der Waals surface area contributed by atoms with Crippen LogP contribution in [-0.2, 0) is 4.74 Å². The molecule has 8 heteroatoms. The molecule has 1 amide bonds. The average molecular weight is 428 g/mol. The zero-order valence-electron chi connectivity index (χ0n) is 17.4. The zero-order chi connectivity index (χ0) is 21.8. The summed E-state index contributed by atoms with van der Waals surface area (Å²) in [5, 5.41) is 13.7. The number of hydrogen-bond acceptors (Lipinski definition) is 7. The van der Waals surface area contributed by atoms with Gasteiger partial charge in [-0.05, 0) is 57.3 Å². The Hall–Kier alpha value is -3.13. The van der Waals surface area contributed by atoms with Crippen molar-refractivity contribution in [2.24, 2.45) is 0 Å². The molecule has 0 unspecified atom stereocenters. The van der Waals surface area contributed by atoms with E-state index in [0.717, 1.165) is 24.2 Å². The number of amides is 1. The van der Waals surface area contributed by atoms with E-state index in [4.69, 9.17) is 14.6 Å². The molecule has 0 spiro atoms. The van der Waals surface area contributed by atoms with E-state index in [1.54, 1.807) is 31.4 Å². The molecular formula is C22H25N3O4S. The van der Waals surface area contributed by atoms with Gasteiger partial charge in [0.15, 0.2) is 0 Å². The number of nitrogens with zero attached hydrogens (tertiary/aromatic N) is 1. The highest BCUT2D eigenvalue weighted by Gasteiger charge is 2.19. The topological polar surface area (TPSA) is 95.6 Å². The van der Waals surface area contributed by atoms with Crippen molar-refractivity contribution in [3.05, 3.63) is 52.4 Å². The summed E-state index contributed by atoms with van der Waals surface area (Å²) in [6, 6.07) is 8.95. The first-order chi connectivity index (χ1) is 14.3. The molecule has 30 heavy (non-hydrogen) atoms. The Balaban J connectivity index is 1.89. The summed E-state index contributed by atoms with van der Waals surface area (Å²) in [5.41, 5.74) is 1.68. The van der Waals surface area contributed by atoms with Gasteiger partial charge in [0, 0.05) is 30.2 Å². The Morgan fingerprint density at radius 1 is 1.17 bits per heavy atom. The third kappa shape index (κ3) is 4.54. The molecule has 0 atom stereocenters. The normalized spacial score (nSPS) is 11.0. The van der Waals surface area contributed by atoms with Crippen molar-refractivity contribution in [2.45, 2.75) is 33.8 Å². The van der Waals surface area contributed by atoms with Crippen molar-refractivity contribution in [3.63, 3.8) is 0 Å². The number of benzene rings is 1. The van der Waals surface area contributed by atoms with Gasteiger partial charge in [0.1, 0.15) is 16.1 Å². The molecule has 3 rings (SSSR count). The van der Waals surface area contributed by atoms with E-state index in [2.05, 4.69) is 24.1 Å². The number of thiophene rings is 1. The maximum Gasteiger partial charge on any atom is 0.341 e. The van der Waals surface area contributed by atoms with Crippen molar-refractivity contribution in [2.75, 3.05) is 23.3 Å². The Morgan fingerprint density at radius 3 is 2.57 bits per heavy atom. The number of hydrogen-bond donors (Lipinski definition) is 2. The van der Waals surface area contributed by atoms with Crippen LogP contribution in [-0.4, -0.2) is 31.1 Å². The fourth-order valence-corrected chi connectivity index (χ4v) is 3.86. The lowest BCUT2D eigenvalue weighted by Gasteiger charge is -2.21. The average Bonchev–Trinajstić information content (AvgIpc) is 3.16. The smallest absolute Gasteiger partial charge is 0.341 e. The van der Waals surface area contributed by atoms with Crippen molar-refractivity contribution < 1.29 is 18.7 Å². The number of anilines is 2. The Bertz CT molecular complexity index is 1130. The molecule has 0 aliphatic rings. The summed E-state index contributed by atoms with van der Waals surface area (Å²) in [6.45, 7) is 9.39. The minimum atomic E-state index is -0.514. The number of carbonyl (C=O) groups excluding carboxylic acids is 2. The summed E-state index contributed by atoms with van der Waals surface area (Å²) >= 11 is 1.22. The van der Waals surface area contributed by atoms with E-state index >= 15 is 0 Å². The third-order valence-corrected chi connectivity index (χ3v) is 5.41. The molecule has 0 radical (unpaired) electrons. The predicted octanol–water partition coefficient (Wildman–Crippen LogP) is 4.64. The molecule has 2 N–H and O–H groups in total. The van der Waals surface area contributed by atoms with Gasteiger partial charge in [0.05, 0.1) is 11.7 Å². The first-order valence-electron chi connectivity index (χ1n) is 9.81. The van der Waals surface area contributed by atoms with Gasteiger partial charge in [-0.3, -0.25) is 10.2 Å². The highest BCUT2D eigenvalue weighted by molar-refractivity contribution is 7.14. The maximum absolute atomic E-state index is 12.8. The molecule has 2 heterocycles. The first-order valence-corrected chi connectivity index (χ1v) is 10.7. The van der Waals surface area contributed by atoms with Gasteiger partial charge >= 0.3 is 5.97 Å². The van der Waals surface area contributed by atoms with Crippen LogP contribution in [0.5, 0.6) is 0 Å². The number of rotatable bonds is 7. The number of ether oxygens (including phenoxy) is 1. The van der Waals surface area contributed by atoms with E-state index in [9.17, 15) is 9.59 Å². The Kier molecular flexibility index (Phi) is 6.56. The SMILES string of the molecule is CCN(CC)c1ccc2cc(C(=O)Nc3sccc3C(=O)OC(C)C)c(=N)oc2c1. The lowest BCUT2D eigenvalue weighted by molar-refractivity contribution is 0.0379. The van der Waals surface area contributed by atoms with Gasteiger partial charge in [-0.1, -0.05) is 0 Å². The molecule has 2 aromatic heterocycles. The Morgan fingerprint density at radius 2 is 1.90 bits per heavy atom. The van der Waals surface area contributed by atoms with Crippen LogP contribution in [0, 0.1) is 5.41 Å². The van der Waals surface area contributed by atoms with Gasteiger partial charge in [-0.15, -0.1) is 11.3 Å². The van der Waals surface area contributed by atoms with E-state index in [1.165, 1.54) is 11.3 Å². The fraction of sp³-hybridized carbons (Fsp3) is 0.318. The van der Waals surface area contributed by atoms with Gasteiger partial charge in [0.2, 0.25) is 5.55 Å². The molecule has 0 aliphatic heterocycles. The molecule has 0 fully saturated rings. The van der Waals surface area contributed by atoms with E-state index in [1.807, 2.05) is 18.2 Å². The quantitative estimate of drug-likeness (QED) is 0.536. The molecule has 1 aromatic carbocycles. The van der Waals surface area contributed by atoms with Crippen LogP contribution >= 0.6 is 11.3 Å². The summed E-state index contributed by atoms with van der Waals surface area (Å²) in [5.74, 6) is -1.01. The minimum Gasteiger partial charge on any atom is -0.459 e. The van der Waals surface area contributed by atoms with E-state index in [0.29, 0.717) is 10.6 Å². The highest BCUT2D eigenvalue weighted by atomic mass is 32.1. The molecule has 158 valence electrons. The van der Waals surface area contributed by atoms with Crippen LogP contribution < -0.4 is 15.8 Å². The van der Waals surface area contributed by atoms with Crippen molar-refractivity contribution in [1.29, 1.82) is 5.41 Å². The number of esters is 1. The molecule has 3 aromatic rings. The number of nitrogens with one attached hydrogen (secondary N) is 2. The van der Waals surface area contributed by atoms with Crippen molar-refractivity contribution in [1.82, 2.24) is 0 Å². The standard InChI is InChI=1S/C22H25N3O4S/c1-5-25(6-2)15-8-7-14-11-17(19(23)29-18(14)12-15)20(26)24-21-16(9-10-30-21)22(27)28-13(3)4/h7-13,23H,5-6H2,1-4H3,(H,24,26). The summed E-state index contributed by atoms with van der Waals surface area (Å²) in [6.07, 6.45) is -0.263. The summed E-state index contributed by atoms with van der Waals surface area (Å²) < 4.78 is 10.8. The first kappa shape index (κ1) is 21.6. The second-order valence-electron chi connectivity index (χ2n) is 6.96. The van der Waals surface area contributed by atoms with E-state index in [-0.39, 0.29) is 22.8 Å². The van der Waals surface area contributed by atoms with Crippen LogP contribution in [0.3, 0.4) is 0 Å². The summed E-state index contributed by atoms with van der Waals surface area (Å²) in [4.78, 5) is 27.2. The van der Waals surface area contributed by atoms with Gasteiger partial charge in [-0.2, -0.15) is 0 Å². The van der Waals surface area contributed by atoms with Crippen LogP contribution in [0.1, 0.15) is 48.4 Å². The molecular weight excluding hydrogens is 402 g/mol. The highest BCUT2D eigenvalue weighted by Crippen LogP contribution is 2.26.